The van der Waals surface area contributed by atoms with Gasteiger partial charge in [-0.2, -0.15) is 0 Å². The zero-order chi connectivity index (χ0) is 35.0. The van der Waals surface area contributed by atoms with E-state index in [0.29, 0.717) is 73.6 Å². The van der Waals surface area contributed by atoms with Gasteiger partial charge in [-0.15, -0.1) is 0 Å². The fourth-order valence-electron chi connectivity index (χ4n) is 6.29. The van der Waals surface area contributed by atoms with Gasteiger partial charge in [0.15, 0.2) is 34.5 Å². The molecule has 1 aliphatic rings. The van der Waals surface area contributed by atoms with Gasteiger partial charge < -0.3 is 28.4 Å². The molecular weight excluding hydrogens is 642 g/mol. The standard InChI is InChI=1S/C42H39N3O6/c1-46-37-16-31-13-35-20-41(50-26-29-8-5-11-44-23-29)39(48-3)18-33(35)15-36-21-42(51-27-30-9-6-12-45-24-30)38(47-2)17-32(36)14-34(31)19-40(37)49-25-28-7-4-10-43-22-28/h4-12,16-24H,13-15,25-27H2,1-3H3. The van der Waals surface area contributed by atoms with E-state index >= 15 is 0 Å². The molecule has 0 bridgehead atoms. The molecule has 0 N–H and O–H groups in total. The molecule has 0 unspecified atom stereocenters. The highest BCUT2D eigenvalue weighted by atomic mass is 16.5. The van der Waals surface area contributed by atoms with Gasteiger partial charge in [0.05, 0.1) is 21.3 Å². The Morgan fingerprint density at radius 1 is 0.412 bits per heavy atom. The largest absolute Gasteiger partial charge is 0.493 e. The molecule has 9 nitrogen and oxygen atoms in total. The lowest BCUT2D eigenvalue weighted by Gasteiger charge is -2.18. The fraction of sp³-hybridized carbons (Fsp3) is 0.214. The molecule has 9 heteroatoms. The number of benzene rings is 3. The predicted octanol–water partition coefficient (Wildman–Crippen LogP) is 7.72. The summed E-state index contributed by atoms with van der Waals surface area (Å²) in [5, 5.41) is 0. The van der Waals surface area contributed by atoms with Crippen LogP contribution in [-0.2, 0) is 39.1 Å². The second-order valence-corrected chi connectivity index (χ2v) is 12.3. The van der Waals surface area contributed by atoms with Gasteiger partial charge in [0.1, 0.15) is 19.8 Å². The SMILES string of the molecule is COc1cc2c(cc1OCc1cccnc1)Cc1cc(OC)c(OCc3cccnc3)cc1Cc1cc(OC)c(OCc3cccnc3)cc1C2. The molecule has 3 heterocycles. The Labute approximate surface area is 297 Å². The van der Waals surface area contributed by atoms with Crippen molar-refractivity contribution < 1.29 is 28.4 Å². The van der Waals surface area contributed by atoms with Gasteiger partial charge in [0.25, 0.3) is 0 Å². The van der Waals surface area contributed by atoms with Crippen LogP contribution in [0.1, 0.15) is 50.1 Å². The zero-order valence-corrected chi connectivity index (χ0v) is 28.9. The summed E-state index contributed by atoms with van der Waals surface area (Å²) < 4.78 is 36.7. The first-order valence-electron chi connectivity index (χ1n) is 16.7. The lowest BCUT2D eigenvalue weighted by Crippen LogP contribution is -2.04. The predicted molar refractivity (Wildman–Crippen MR) is 193 cm³/mol. The van der Waals surface area contributed by atoms with E-state index in [4.69, 9.17) is 28.4 Å². The average molecular weight is 682 g/mol. The molecular formula is C42H39N3O6. The summed E-state index contributed by atoms with van der Waals surface area (Å²) in [6, 6.07) is 24.3. The Morgan fingerprint density at radius 2 is 0.686 bits per heavy atom. The van der Waals surface area contributed by atoms with Crippen molar-refractivity contribution in [3.05, 3.63) is 160 Å². The third kappa shape index (κ3) is 7.88. The highest BCUT2D eigenvalue weighted by Gasteiger charge is 2.23. The minimum atomic E-state index is 0.366. The number of pyridine rings is 3. The van der Waals surface area contributed by atoms with Crippen LogP contribution in [0.4, 0.5) is 0 Å². The summed E-state index contributed by atoms with van der Waals surface area (Å²) in [4.78, 5) is 12.7. The second-order valence-electron chi connectivity index (χ2n) is 12.3. The fourth-order valence-corrected chi connectivity index (χ4v) is 6.29. The Morgan fingerprint density at radius 3 is 0.922 bits per heavy atom. The molecule has 1 aliphatic carbocycles. The van der Waals surface area contributed by atoms with E-state index in [1.165, 1.54) is 0 Å². The van der Waals surface area contributed by atoms with Crippen molar-refractivity contribution >= 4 is 0 Å². The molecule has 258 valence electrons. The highest BCUT2D eigenvalue weighted by molar-refractivity contribution is 5.58. The zero-order valence-electron chi connectivity index (χ0n) is 28.9. The van der Waals surface area contributed by atoms with E-state index < -0.39 is 0 Å². The van der Waals surface area contributed by atoms with E-state index in [0.717, 1.165) is 50.1 Å². The maximum atomic E-state index is 6.35. The number of hydrogen-bond donors (Lipinski definition) is 0. The van der Waals surface area contributed by atoms with E-state index in [1.54, 1.807) is 58.5 Å². The number of methoxy groups -OCH3 is 3. The van der Waals surface area contributed by atoms with Gasteiger partial charge >= 0.3 is 0 Å². The summed E-state index contributed by atoms with van der Waals surface area (Å²) in [7, 11) is 5.01. The first kappa shape index (κ1) is 33.4. The van der Waals surface area contributed by atoms with Crippen molar-refractivity contribution in [3.63, 3.8) is 0 Å². The van der Waals surface area contributed by atoms with Crippen molar-refractivity contribution in [2.45, 2.75) is 39.1 Å². The van der Waals surface area contributed by atoms with Crippen LogP contribution in [0.3, 0.4) is 0 Å². The molecule has 0 saturated carbocycles. The van der Waals surface area contributed by atoms with E-state index in [-0.39, 0.29) is 0 Å². The Bertz CT molecular complexity index is 1850. The maximum Gasteiger partial charge on any atom is 0.161 e. The van der Waals surface area contributed by atoms with Crippen molar-refractivity contribution in [2.75, 3.05) is 21.3 Å². The topological polar surface area (TPSA) is 94.1 Å². The highest BCUT2D eigenvalue weighted by Crippen LogP contribution is 2.41. The van der Waals surface area contributed by atoms with E-state index in [2.05, 4.69) is 51.4 Å². The minimum absolute atomic E-state index is 0.366. The summed E-state index contributed by atoms with van der Waals surface area (Å²) >= 11 is 0. The number of aromatic nitrogens is 3. The first-order valence-corrected chi connectivity index (χ1v) is 16.7. The molecule has 0 atom stereocenters. The monoisotopic (exact) mass is 681 g/mol. The molecule has 0 fully saturated rings. The van der Waals surface area contributed by atoms with Crippen LogP contribution in [0.15, 0.2) is 110 Å². The molecule has 3 aromatic heterocycles. The average Bonchev–Trinajstić information content (AvgIpc) is 3.24. The number of hydrogen-bond acceptors (Lipinski definition) is 9. The van der Waals surface area contributed by atoms with Crippen LogP contribution >= 0.6 is 0 Å². The lowest BCUT2D eigenvalue weighted by molar-refractivity contribution is 0.283. The normalized spacial score (nSPS) is 11.8. The van der Waals surface area contributed by atoms with Crippen molar-refractivity contribution in [2.24, 2.45) is 0 Å². The van der Waals surface area contributed by atoms with Gasteiger partial charge in [-0.25, -0.2) is 0 Å². The third-order valence-corrected chi connectivity index (χ3v) is 8.95. The van der Waals surface area contributed by atoms with Gasteiger partial charge in [0, 0.05) is 53.9 Å². The molecule has 3 aromatic carbocycles. The minimum Gasteiger partial charge on any atom is -0.493 e. The molecule has 0 saturated heterocycles. The number of nitrogens with zero attached hydrogens (tertiary/aromatic N) is 3. The number of rotatable bonds is 12. The molecule has 6 aromatic rings. The van der Waals surface area contributed by atoms with Crippen molar-refractivity contribution in [1.29, 1.82) is 0 Å². The Kier molecular flexibility index (Phi) is 10.2. The quantitative estimate of drug-likeness (QED) is 0.129. The van der Waals surface area contributed by atoms with Crippen LogP contribution in [0.25, 0.3) is 0 Å². The summed E-state index contributed by atoms with van der Waals surface area (Å²) in [5.41, 5.74) is 9.62. The summed E-state index contributed by atoms with van der Waals surface area (Å²) in [6.07, 6.45) is 12.6. The molecule has 51 heavy (non-hydrogen) atoms. The van der Waals surface area contributed by atoms with Gasteiger partial charge in [0.2, 0.25) is 0 Å². The van der Waals surface area contributed by atoms with Crippen LogP contribution in [0, 0.1) is 0 Å². The van der Waals surface area contributed by atoms with Gasteiger partial charge in [-0.3, -0.25) is 15.0 Å². The molecule has 7 rings (SSSR count). The van der Waals surface area contributed by atoms with Crippen LogP contribution in [0.5, 0.6) is 34.5 Å². The van der Waals surface area contributed by atoms with Crippen LogP contribution in [0.2, 0.25) is 0 Å². The Hall–Kier alpha value is -6.09. The molecule has 0 spiro atoms. The summed E-state index contributed by atoms with van der Waals surface area (Å²) in [6.45, 7) is 1.10. The number of ether oxygens (including phenoxy) is 6. The number of fused-ring (bicyclic) bond motifs is 3. The Balaban J connectivity index is 1.31. The molecule has 0 aliphatic heterocycles. The smallest absolute Gasteiger partial charge is 0.161 e. The first-order chi connectivity index (χ1) is 25.1. The maximum absolute atomic E-state index is 6.35. The van der Waals surface area contributed by atoms with Gasteiger partial charge in [-0.05, 0) is 107 Å². The molecule has 0 radical (unpaired) electrons. The van der Waals surface area contributed by atoms with Crippen molar-refractivity contribution in [1.82, 2.24) is 15.0 Å². The molecule has 0 amide bonds. The van der Waals surface area contributed by atoms with E-state index in [9.17, 15) is 0 Å². The van der Waals surface area contributed by atoms with Crippen molar-refractivity contribution in [3.8, 4) is 34.5 Å². The van der Waals surface area contributed by atoms with Crippen LogP contribution in [-0.4, -0.2) is 36.3 Å². The van der Waals surface area contributed by atoms with E-state index in [1.807, 2.05) is 36.4 Å². The van der Waals surface area contributed by atoms with Crippen LogP contribution < -0.4 is 28.4 Å². The third-order valence-electron chi connectivity index (χ3n) is 8.95. The summed E-state index contributed by atoms with van der Waals surface area (Å²) in [5.74, 6) is 3.99. The lowest BCUT2D eigenvalue weighted by atomic mass is 9.94. The van der Waals surface area contributed by atoms with Gasteiger partial charge in [-0.1, -0.05) is 18.2 Å². The second kappa shape index (κ2) is 15.6.